The van der Waals surface area contributed by atoms with Crippen LogP contribution in [-0.2, 0) is 9.53 Å². The lowest BCUT2D eigenvalue weighted by Crippen LogP contribution is -2.23. The molecule has 1 aromatic carbocycles. The van der Waals surface area contributed by atoms with Crippen molar-refractivity contribution in [1.82, 2.24) is 0 Å². The van der Waals surface area contributed by atoms with Gasteiger partial charge in [0.25, 0.3) is 0 Å². The van der Waals surface area contributed by atoms with Crippen LogP contribution >= 0.6 is 11.6 Å². The average molecular weight is 255 g/mol. The number of ether oxygens (including phenoxy) is 1. The molecule has 5 heteroatoms. The lowest BCUT2D eigenvalue weighted by Gasteiger charge is -2.12. The van der Waals surface area contributed by atoms with Gasteiger partial charge < -0.3 is 15.8 Å². The molecule has 1 amide bonds. The highest BCUT2D eigenvalue weighted by molar-refractivity contribution is 6.33. The number of halogens is 1. The summed E-state index contributed by atoms with van der Waals surface area (Å²) in [5.74, 6) is -0.0860. The molecule has 1 saturated heterocycles. The molecule has 17 heavy (non-hydrogen) atoms. The minimum absolute atomic E-state index is 0.0218. The van der Waals surface area contributed by atoms with Crippen molar-refractivity contribution in [3.05, 3.63) is 22.7 Å². The molecule has 1 heterocycles. The van der Waals surface area contributed by atoms with Crippen LogP contribution < -0.4 is 11.1 Å². The summed E-state index contributed by atoms with van der Waals surface area (Å²) in [4.78, 5) is 11.9. The Morgan fingerprint density at radius 2 is 2.35 bits per heavy atom. The van der Waals surface area contributed by atoms with E-state index in [1.807, 2.05) is 6.92 Å². The van der Waals surface area contributed by atoms with E-state index in [4.69, 9.17) is 22.1 Å². The van der Waals surface area contributed by atoms with Gasteiger partial charge in [-0.05, 0) is 31.0 Å². The highest BCUT2D eigenvalue weighted by atomic mass is 35.5. The number of hydrogen-bond acceptors (Lipinski definition) is 3. The molecular formula is C12H15ClN2O2. The normalized spacial score (nSPS) is 19.3. The molecule has 3 N–H and O–H groups in total. The summed E-state index contributed by atoms with van der Waals surface area (Å²) in [7, 11) is 0. The van der Waals surface area contributed by atoms with Gasteiger partial charge in [-0.15, -0.1) is 0 Å². The Hall–Kier alpha value is -1.26. The van der Waals surface area contributed by atoms with Crippen molar-refractivity contribution in [2.24, 2.45) is 5.92 Å². The highest BCUT2D eigenvalue weighted by Crippen LogP contribution is 2.27. The van der Waals surface area contributed by atoms with Gasteiger partial charge in [-0.2, -0.15) is 0 Å². The van der Waals surface area contributed by atoms with Crippen LogP contribution in [0.15, 0.2) is 12.1 Å². The molecule has 1 aliphatic rings. The predicted molar refractivity (Wildman–Crippen MR) is 68.2 cm³/mol. The number of nitrogen functional groups attached to an aromatic ring is 1. The fourth-order valence-electron chi connectivity index (χ4n) is 1.81. The number of benzene rings is 1. The Balaban J connectivity index is 2.12. The number of hydrogen-bond donors (Lipinski definition) is 2. The molecule has 0 radical (unpaired) electrons. The Morgan fingerprint density at radius 1 is 1.59 bits per heavy atom. The Labute approximate surface area is 105 Å². The third kappa shape index (κ3) is 2.70. The number of carbonyl (C=O) groups excluding carboxylic acids is 1. The first kappa shape index (κ1) is 12.2. The number of amides is 1. The van der Waals surface area contributed by atoms with E-state index in [-0.39, 0.29) is 11.8 Å². The van der Waals surface area contributed by atoms with Gasteiger partial charge in [0.05, 0.1) is 23.2 Å². The molecule has 0 spiro atoms. The first-order chi connectivity index (χ1) is 8.08. The summed E-state index contributed by atoms with van der Waals surface area (Å²) < 4.78 is 5.18. The van der Waals surface area contributed by atoms with Gasteiger partial charge in [-0.3, -0.25) is 4.79 Å². The Bertz CT molecular complexity index is 442. The molecule has 0 bridgehead atoms. The second-order valence-electron chi connectivity index (χ2n) is 4.24. The predicted octanol–water partition coefficient (Wildman–Crippen LogP) is 2.21. The molecule has 1 aliphatic heterocycles. The van der Waals surface area contributed by atoms with Crippen LogP contribution in [0.25, 0.3) is 0 Å². The summed E-state index contributed by atoms with van der Waals surface area (Å²) in [5.41, 5.74) is 7.81. The Morgan fingerprint density at radius 3 is 3.00 bits per heavy atom. The first-order valence-electron chi connectivity index (χ1n) is 5.52. The van der Waals surface area contributed by atoms with Crippen molar-refractivity contribution in [2.75, 3.05) is 24.3 Å². The van der Waals surface area contributed by atoms with Crippen LogP contribution in [0, 0.1) is 12.8 Å². The zero-order valence-corrected chi connectivity index (χ0v) is 10.4. The minimum Gasteiger partial charge on any atom is -0.398 e. The fraction of sp³-hybridized carbons (Fsp3) is 0.417. The van der Waals surface area contributed by atoms with Crippen molar-refractivity contribution in [2.45, 2.75) is 13.3 Å². The number of rotatable bonds is 2. The summed E-state index contributed by atoms with van der Waals surface area (Å²) in [5, 5.41) is 3.31. The molecule has 2 rings (SSSR count). The number of nitrogens with one attached hydrogen (secondary N) is 1. The first-order valence-corrected chi connectivity index (χ1v) is 5.90. The second-order valence-corrected chi connectivity index (χ2v) is 4.65. The maximum absolute atomic E-state index is 11.9. The van der Waals surface area contributed by atoms with E-state index in [1.54, 1.807) is 12.1 Å². The number of carbonyl (C=O) groups is 1. The van der Waals surface area contributed by atoms with E-state index in [9.17, 15) is 4.79 Å². The van der Waals surface area contributed by atoms with Crippen molar-refractivity contribution in [3.8, 4) is 0 Å². The van der Waals surface area contributed by atoms with E-state index >= 15 is 0 Å². The second kappa shape index (κ2) is 4.94. The molecule has 0 saturated carbocycles. The lowest BCUT2D eigenvalue weighted by molar-refractivity contribution is -0.119. The van der Waals surface area contributed by atoms with Crippen molar-refractivity contribution in [1.29, 1.82) is 0 Å². The molecule has 92 valence electrons. The summed E-state index contributed by atoms with van der Waals surface area (Å²) >= 11 is 5.93. The van der Waals surface area contributed by atoms with Crippen LogP contribution in [0.5, 0.6) is 0 Å². The number of anilines is 2. The van der Waals surface area contributed by atoms with Gasteiger partial charge >= 0.3 is 0 Å². The topological polar surface area (TPSA) is 64.3 Å². The molecule has 1 atom stereocenters. The molecule has 4 nitrogen and oxygen atoms in total. The average Bonchev–Trinajstić information content (AvgIpc) is 2.79. The summed E-state index contributed by atoms with van der Waals surface area (Å²) in [6.45, 7) is 3.03. The lowest BCUT2D eigenvalue weighted by atomic mass is 10.1. The largest absolute Gasteiger partial charge is 0.398 e. The van der Waals surface area contributed by atoms with Gasteiger partial charge in [0, 0.05) is 12.3 Å². The van der Waals surface area contributed by atoms with Crippen molar-refractivity contribution < 1.29 is 9.53 Å². The number of aryl methyl sites for hydroxylation is 1. The molecule has 1 unspecified atom stereocenters. The van der Waals surface area contributed by atoms with E-state index in [2.05, 4.69) is 5.32 Å². The molecule has 1 aromatic rings. The van der Waals surface area contributed by atoms with Crippen molar-refractivity contribution in [3.63, 3.8) is 0 Å². The third-order valence-corrected chi connectivity index (χ3v) is 3.23. The van der Waals surface area contributed by atoms with Gasteiger partial charge in [0.15, 0.2) is 0 Å². The van der Waals surface area contributed by atoms with Crippen LogP contribution in [0.3, 0.4) is 0 Å². The fourth-order valence-corrected chi connectivity index (χ4v) is 1.98. The molecule has 0 aliphatic carbocycles. The Kier molecular flexibility index (Phi) is 3.54. The minimum atomic E-state index is -0.0641. The van der Waals surface area contributed by atoms with Gasteiger partial charge in [-0.25, -0.2) is 0 Å². The SMILES string of the molecule is Cc1cc(N)c(Cl)cc1NC(=O)C1CCOC1. The van der Waals surface area contributed by atoms with E-state index < -0.39 is 0 Å². The van der Waals surface area contributed by atoms with Crippen LogP contribution in [0.1, 0.15) is 12.0 Å². The zero-order chi connectivity index (χ0) is 12.4. The van der Waals surface area contributed by atoms with Gasteiger partial charge in [0.2, 0.25) is 5.91 Å². The maximum atomic E-state index is 11.9. The maximum Gasteiger partial charge on any atom is 0.229 e. The monoisotopic (exact) mass is 254 g/mol. The van der Waals surface area contributed by atoms with E-state index in [0.29, 0.717) is 29.6 Å². The summed E-state index contributed by atoms with van der Waals surface area (Å²) in [6.07, 6.45) is 0.771. The molecular weight excluding hydrogens is 240 g/mol. The van der Waals surface area contributed by atoms with E-state index in [0.717, 1.165) is 12.0 Å². The summed E-state index contributed by atoms with van der Waals surface area (Å²) in [6, 6.07) is 3.43. The van der Waals surface area contributed by atoms with Crippen molar-refractivity contribution >= 4 is 28.9 Å². The zero-order valence-electron chi connectivity index (χ0n) is 9.63. The molecule has 0 aromatic heterocycles. The standard InChI is InChI=1S/C12H15ClN2O2/c1-7-4-10(14)9(13)5-11(7)15-12(16)8-2-3-17-6-8/h4-5,8H,2-3,6,14H2,1H3,(H,15,16). The quantitative estimate of drug-likeness (QED) is 0.796. The van der Waals surface area contributed by atoms with Gasteiger partial charge in [0.1, 0.15) is 0 Å². The van der Waals surface area contributed by atoms with Crippen LogP contribution in [0.4, 0.5) is 11.4 Å². The van der Waals surface area contributed by atoms with Crippen LogP contribution in [-0.4, -0.2) is 19.1 Å². The van der Waals surface area contributed by atoms with Gasteiger partial charge in [-0.1, -0.05) is 11.6 Å². The number of nitrogens with two attached hydrogens (primary N) is 1. The molecule has 1 fully saturated rings. The van der Waals surface area contributed by atoms with Crippen LogP contribution in [0.2, 0.25) is 5.02 Å². The highest BCUT2D eigenvalue weighted by Gasteiger charge is 2.23. The van der Waals surface area contributed by atoms with E-state index in [1.165, 1.54) is 0 Å². The smallest absolute Gasteiger partial charge is 0.229 e. The third-order valence-electron chi connectivity index (χ3n) is 2.90.